The molecule has 0 amide bonds. The first-order valence-electron chi connectivity index (χ1n) is 4.56. The van der Waals surface area contributed by atoms with Crippen molar-refractivity contribution in [3.63, 3.8) is 0 Å². The van der Waals surface area contributed by atoms with E-state index in [4.69, 9.17) is 5.73 Å². The summed E-state index contributed by atoms with van der Waals surface area (Å²) in [4.78, 5) is 0. The molecule has 0 unspecified atom stereocenters. The van der Waals surface area contributed by atoms with Gasteiger partial charge in [-0.15, -0.1) is 0 Å². The van der Waals surface area contributed by atoms with Crippen LogP contribution in [-0.2, 0) is 6.54 Å². The predicted molar refractivity (Wildman–Crippen MR) is 53.6 cm³/mol. The van der Waals surface area contributed by atoms with E-state index < -0.39 is 0 Å². The molecule has 2 heterocycles. The fourth-order valence-corrected chi connectivity index (χ4v) is 1.68. The highest BCUT2D eigenvalue weighted by Crippen LogP contribution is 2.31. The van der Waals surface area contributed by atoms with Gasteiger partial charge in [-0.3, -0.25) is 0 Å². The number of aryl methyl sites for hydroxylation is 1. The highest BCUT2D eigenvalue weighted by atomic mass is 15.4. The Morgan fingerprint density at radius 3 is 2.92 bits per heavy atom. The van der Waals surface area contributed by atoms with E-state index in [0.717, 1.165) is 30.3 Å². The molecule has 0 bridgehead atoms. The molecule has 0 saturated heterocycles. The van der Waals surface area contributed by atoms with Crippen LogP contribution in [0.4, 0.5) is 11.5 Å². The van der Waals surface area contributed by atoms with Crippen molar-refractivity contribution in [1.29, 1.82) is 0 Å². The van der Waals surface area contributed by atoms with E-state index in [1.165, 1.54) is 0 Å². The van der Waals surface area contributed by atoms with Gasteiger partial charge in [-0.05, 0) is 6.92 Å². The summed E-state index contributed by atoms with van der Waals surface area (Å²) in [6, 6.07) is 0. The summed E-state index contributed by atoms with van der Waals surface area (Å²) in [5.41, 5.74) is 7.83. The number of anilines is 2. The van der Waals surface area contributed by atoms with Crippen LogP contribution in [0.1, 0.15) is 19.5 Å². The fourth-order valence-electron chi connectivity index (χ4n) is 1.68. The van der Waals surface area contributed by atoms with Crippen LogP contribution in [0.5, 0.6) is 0 Å². The van der Waals surface area contributed by atoms with Crippen molar-refractivity contribution < 1.29 is 0 Å². The monoisotopic (exact) mass is 180 g/mol. The summed E-state index contributed by atoms with van der Waals surface area (Å²) < 4.78 is 1.97. The van der Waals surface area contributed by atoms with Crippen LogP contribution in [0, 0.1) is 12.3 Å². The first kappa shape index (κ1) is 8.41. The molecule has 0 radical (unpaired) electrons. The van der Waals surface area contributed by atoms with Crippen LogP contribution < -0.4 is 11.1 Å². The first-order valence-corrected chi connectivity index (χ1v) is 4.56. The third-order valence-corrected chi connectivity index (χ3v) is 2.49. The summed E-state index contributed by atoms with van der Waals surface area (Å²) in [6.45, 7) is 8.28. The molecule has 0 saturated carbocycles. The molecular weight excluding hydrogens is 164 g/mol. The SMILES string of the molecule is Cc1nn2c(c1N)NCC(C)(C)C2. The van der Waals surface area contributed by atoms with Crippen LogP contribution in [0.3, 0.4) is 0 Å². The number of nitrogens with one attached hydrogen (secondary N) is 1. The van der Waals surface area contributed by atoms with Gasteiger partial charge in [0.2, 0.25) is 0 Å². The summed E-state index contributed by atoms with van der Waals surface area (Å²) in [5, 5.41) is 7.69. The Hall–Kier alpha value is -1.19. The molecule has 1 aliphatic heterocycles. The third-order valence-electron chi connectivity index (χ3n) is 2.49. The minimum absolute atomic E-state index is 0.262. The van der Waals surface area contributed by atoms with Crippen molar-refractivity contribution in [3.05, 3.63) is 5.69 Å². The van der Waals surface area contributed by atoms with Crippen LogP contribution in [0.2, 0.25) is 0 Å². The molecule has 2 rings (SSSR count). The molecule has 72 valence electrons. The van der Waals surface area contributed by atoms with Crippen LogP contribution in [0.15, 0.2) is 0 Å². The maximum absolute atomic E-state index is 5.87. The maximum Gasteiger partial charge on any atom is 0.148 e. The van der Waals surface area contributed by atoms with E-state index in [-0.39, 0.29) is 5.41 Å². The summed E-state index contributed by atoms with van der Waals surface area (Å²) >= 11 is 0. The molecule has 1 aromatic heterocycles. The molecular formula is C9H16N4. The molecule has 0 aliphatic carbocycles. The Balaban J connectivity index is 2.42. The van der Waals surface area contributed by atoms with Gasteiger partial charge >= 0.3 is 0 Å². The topological polar surface area (TPSA) is 55.9 Å². The quantitative estimate of drug-likeness (QED) is 0.631. The summed E-state index contributed by atoms with van der Waals surface area (Å²) in [6.07, 6.45) is 0. The van der Waals surface area contributed by atoms with Crippen LogP contribution in [-0.4, -0.2) is 16.3 Å². The molecule has 1 aromatic rings. The van der Waals surface area contributed by atoms with Gasteiger partial charge in [0.1, 0.15) is 5.82 Å². The van der Waals surface area contributed by atoms with Gasteiger partial charge in [-0.1, -0.05) is 13.8 Å². The third kappa shape index (κ3) is 1.26. The standard InChI is InChI=1S/C9H16N4/c1-6-7(10)8-11-4-9(2,3)5-13(8)12-6/h11H,4-5,10H2,1-3H3. The second-order valence-electron chi connectivity index (χ2n) is 4.52. The predicted octanol–water partition coefficient (Wildman–Crippen LogP) is 1.23. The molecule has 0 fully saturated rings. The van der Waals surface area contributed by atoms with Crippen molar-refractivity contribution in [1.82, 2.24) is 9.78 Å². The lowest BCUT2D eigenvalue weighted by Crippen LogP contribution is -2.34. The highest BCUT2D eigenvalue weighted by molar-refractivity contribution is 5.65. The highest BCUT2D eigenvalue weighted by Gasteiger charge is 2.27. The second kappa shape index (κ2) is 2.40. The molecule has 0 atom stereocenters. The average molecular weight is 180 g/mol. The van der Waals surface area contributed by atoms with E-state index in [2.05, 4.69) is 24.3 Å². The van der Waals surface area contributed by atoms with E-state index in [9.17, 15) is 0 Å². The second-order valence-corrected chi connectivity index (χ2v) is 4.52. The Morgan fingerprint density at radius 1 is 1.54 bits per heavy atom. The van der Waals surface area contributed by atoms with Gasteiger partial charge in [-0.25, -0.2) is 4.68 Å². The summed E-state index contributed by atoms with van der Waals surface area (Å²) in [5.74, 6) is 0.983. The number of aromatic nitrogens is 2. The minimum atomic E-state index is 0.262. The number of fused-ring (bicyclic) bond motifs is 1. The average Bonchev–Trinajstić information content (AvgIpc) is 2.25. The Labute approximate surface area is 78.1 Å². The zero-order valence-electron chi connectivity index (χ0n) is 8.39. The van der Waals surface area contributed by atoms with Crippen molar-refractivity contribution in [2.45, 2.75) is 27.3 Å². The van der Waals surface area contributed by atoms with Gasteiger partial charge < -0.3 is 11.1 Å². The lowest BCUT2D eigenvalue weighted by molar-refractivity contribution is 0.294. The largest absolute Gasteiger partial charge is 0.394 e. The van der Waals surface area contributed by atoms with Crippen molar-refractivity contribution in [3.8, 4) is 0 Å². The maximum atomic E-state index is 5.87. The zero-order valence-corrected chi connectivity index (χ0v) is 8.39. The van der Waals surface area contributed by atoms with E-state index >= 15 is 0 Å². The molecule has 4 heteroatoms. The number of nitrogens with zero attached hydrogens (tertiary/aromatic N) is 2. The van der Waals surface area contributed by atoms with E-state index in [0.29, 0.717) is 0 Å². The molecule has 3 N–H and O–H groups in total. The van der Waals surface area contributed by atoms with Crippen LogP contribution >= 0.6 is 0 Å². The van der Waals surface area contributed by atoms with Crippen molar-refractivity contribution in [2.75, 3.05) is 17.6 Å². The van der Waals surface area contributed by atoms with Crippen molar-refractivity contribution in [2.24, 2.45) is 5.41 Å². The number of nitrogen functional groups attached to an aromatic ring is 1. The number of hydrogen-bond donors (Lipinski definition) is 2. The zero-order chi connectivity index (χ0) is 9.64. The first-order chi connectivity index (χ1) is 5.99. The Kier molecular flexibility index (Phi) is 1.55. The van der Waals surface area contributed by atoms with Crippen LogP contribution in [0.25, 0.3) is 0 Å². The van der Waals surface area contributed by atoms with E-state index in [1.807, 2.05) is 11.6 Å². The molecule has 0 aromatic carbocycles. The number of hydrogen-bond acceptors (Lipinski definition) is 3. The normalized spacial score (nSPS) is 19.3. The molecule has 4 nitrogen and oxygen atoms in total. The van der Waals surface area contributed by atoms with Gasteiger partial charge in [0.25, 0.3) is 0 Å². The van der Waals surface area contributed by atoms with Crippen molar-refractivity contribution >= 4 is 11.5 Å². The Morgan fingerprint density at radius 2 is 2.23 bits per heavy atom. The van der Waals surface area contributed by atoms with Gasteiger partial charge in [0.05, 0.1) is 17.9 Å². The van der Waals surface area contributed by atoms with Gasteiger partial charge in [0, 0.05) is 12.0 Å². The lowest BCUT2D eigenvalue weighted by atomic mass is 9.92. The number of nitrogens with two attached hydrogens (primary N) is 1. The minimum Gasteiger partial charge on any atom is -0.394 e. The van der Waals surface area contributed by atoms with E-state index in [1.54, 1.807) is 0 Å². The number of rotatable bonds is 0. The van der Waals surface area contributed by atoms with Gasteiger partial charge in [-0.2, -0.15) is 5.10 Å². The fraction of sp³-hybridized carbons (Fsp3) is 0.667. The summed E-state index contributed by atoms with van der Waals surface area (Å²) in [7, 11) is 0. The molecule has 0 spiro atoms. The molecule has 1 aliphatic rings. The Bertz CT molecular complexity index is 338. The van der Waals surface area contributed by atoms with Gasteiger partial charge in [0.15, 0.2) is 0 Å². The lowest BCUT2D eigenvalue weighted by Gasteiger charge is -2.31. The molecule has 13 heavy (non-hydrogen) atoms. The smallest absolute Gasteiger partial charge is 0.148 e.